The van der Waals surface area contributed by atoms with Gasteiger partial charge in [-0.15, -0.1) is 0 Å². The molecule has 3 aromatic rings. The Morgan fingerprint density at radius 1 is 1.14 bits per heavy atom. The maximum atomic E-state index is 12.7. The van der Waals surface area contributed by atoms with Crippen molar-refractivity contribution in [2.75, 3.05) is 23.3 Å². The maximum absolute atomic E-state index is 12.7. The zero-order chi connectivity index (χ0) is 20.2. The Kier molecular flexibility index (Phi) is 5.71. The normalized spacial score (nSPS) is 14.4. The second kappa shape index (κ2) is 8.57. The van der Waals surface area contributed by atoms with E-state index >= 15 is 0 Å². The fourth-order valence-corrected chi connectivity index (χ4v) is 3.90. The molecular weight excluding hydrogens is 384 g/mol. The van der Waals surface area contributed by atoms with Crippen LogP contribution in [0.3, 0.4) is 0 Å². The number of hydrogen-bond donors (Lipinski definition) is 2. The van der Waals surface area contributed by atoms with Crippen molar-refractivity contribution in [3.63, 3.8) is 0 Å². The highest BCUT2D eigenvalue weighted by Crippen LogP contribution is 2.19. The van der Waals surface area contributed by atoms with Gasteiger partial charge in [0.15, 0.2) is 4.77 Å². The van der Waals surface area contributed by atoms with Gasteiger partial charge in [-0.25, -0.2) is 4.98 Å². The summed E-state index contributed by atoms with van der Waals surface area (Å²) in [6.07, 6.45) is 6.59. The number of nitrogens with one attached hydrogen (secondary N) is 2. The first kappa shape index (κ1) is 19.3. The number of hydrogen-bond acceptors (Lipinski definition) is 5. The van der Waals surface area contributed by atoms with E-state index in [1.807, 2.05) is 47.9 Å². The summed E-state index contributed by atoms with van der Waals surface area (Å²) in [6, 6.07) is 11.3. The minimum absolute atomic E-state index is 0.190. The van der Waals surface area contributed by atoms with Gasteiger partial charge in [0.25, 0.3) is 5.91 Å². The van der Waals surface area contributed by atoms with Crippen molar-refractivity contribution in [2.45, 2.75) is 32.6 Å². The first-order valence-electron chi connectivity index (χ1n) is 9.88. The van der Waals surface area contributed by atoms with Crippen molar-refractivity contribution < 1.29 is 4.79 Å². The molecule has 1 aliphatic heterocycles. The number of anilines is 2. The van der Waals surface area contributed by atoms with Crippen molar-refractivity contribution in [1.29, 1.82) is 0 Å². The van der Waals surface area contributed by atoms with Crippen LogP contribution < -0.4 is 10.2 Å². The Morgan fingerprint density at radius 3 is 2.59 bits per heavy atom. The third-order valence-electron chi connectivity index (χ3n) is 5.14. The maximum Gasteiger partial charge on any atom is 0.257 e. The fourth-order valence-electron chi connectivity index (χ4n) is 3.61. The van der Waals surface area contributed by atoms with Crippen molar-refractivity contribution in [2.24, 2.45) is 0 Å². The number of benzene rings is 1. The van der Waals surface area contributed by atoms with Gasteiger partial charge in [0, 0.05) is 25.0 Å². The van der Waals surface area contributed by atoms with Gasteiger partial charge >= 0.3 is 0 Å². The van der Waals surface area contributed by atoms with E-state index < -0.39 is 0 Å². The molecule has 1 amide bonds. The van der Waals surface area contributed by atoms with E-state index in [2.05, 4.69) is 25.4 Å². The van der Waals surface area contributed by atoms with E-state index in [0.717, 1.165) is 30.4 Å². The monoisotopic (exact) mass is 408 g/mol. The summed E-state index contributed by atoms with van der Waals surface area (Å²) in [5, 5.41) is 9.84. The molecule has 8 heteroatoms. The second-order valence-electron chi connectivity index (χ2n) is 7.22. The molecule has 3 heterocycles. The molecule has 0 unspecified atom stereocenters. The first-order chi connectivity index (χ1) is 14.1. The van der Waals surface area contributed by atoms with E-state index in [-0.39, 0.29) is 5.91 Å². The Morgan fingerprint density at radius 2 is 1.93 bits per heavy atom. The molecule has 29 heavy (non-hydrogen) atoms. The topological polar surface area (TPSA) is 78.8 Å². The fraction of sp³-hybridized carbons (Fsp3) is 0.333. The van der Waals surface area contributed by atoms with Gasteiger partial charge in [-0.05, 0) is 62.3 Å². The molecule has 150 valence electrons. The van der Waals surface area contributed by atoms with Crippen LogP contribution in [0.25, 0.3) is 5.69 Å². The molecular formula is C21H24N6OS. The molecule has 2 aromatic heterocycles. The van der Waals surface area contributed by atoms with Gasteiger partial charge in [0.05, 0.1) is 11.3 Å². The Hall–Kier alpha value is -3.00. The number of carbonyl (C=O) groups excluding carboxylic acids is 1. The molecule has 1 aliphatic rings. The minimum atomic E-state index is -0.190. The molecule has 0 spiro atoms. The molecule has 0 atom stereocenters. The predicted molar refractivity (Wildman–Crippen MR) is 116 cm³/mol. The lowest BCUT2D eigenvalue weighted by atomic mass is 10.2. The predicted octanol–water partition coefficient (Wildman–Crippen LogP) is 4.27. The number of aromatic nitrogens is 4. The highest BCUT2D eigenvalue weighted by Gasteiger charge is 2.13. The van der Waals surface area contributed by atoms with Crippen LogP contribution in [0.15, 0.2) is 42.6 Å². The molecule has 0 radical (unpaired) electrons. The average molecular weight is 409 g/mol. The largest absolute Gasteiger partial charge is 0.357 e. The molecule has 4 rings (SSSR count). The number of nitrogens with zero attached hydrogens (tertiary/aromatic N) is 4. The number of amides is 1. The molecule has 1 saturated heterocycles. The zero-order valence-corrected chi connectivity index (χ0v) is 17.2. The van der Waals surface area contributed by atoms with Gasteiger partial charge in [-0.1, -0.05) is 18.9 Å². The summed E-state index contributed by atoms with van der Waals surface area (Å²) in [5.41, 5.74) is 2.06. The molecule has 0 saturated carbocycles. The van der Waals surface area contributed by atoms with Crippen LogP contribution in [0, 0.1) is 11.7 Å². The van der Waals surface area contributed by atoms with Crippen LogP contribution in [0.5, 0.6) is 0 Å². The van der Waals surface area contributed by atoms with E-state index in [4.69, 9.17) is 12.2 Å². The highest BCUT2D eigenvalue weighted by atomic mass is 32.1. The van der Waals surface area contributed by atoms with Gasteiger partial charge in [-0.3, -0.25) is 14.5 Å². The third kappa shape index (κ3) is 4.37. The van der Waals surface area contributed by atoms with Crippen LogP contribution >= 0.6 is 12.2 Å². The number of aromatic amines is 1. The van der Waals surface area contributed by atoms with E-state index in [9.17, 15) is 4.79 Å². The van der Waals surface area contributed by atoms with Crippen LogP contribution in [-0.4, -0.2) is 38.7 Å². The summed E-state index contributed by atoms with van der Waals surface area (Å²) >= 11 is 5.28. The van der Waals surface area contributed by atoms with Gasteiger partial charge in [-0.2, -0.15) is 5.10 Å². The number of H-pyrrole nitrogens is 1. The van der Waals surface area contributed by atoms with E-state index in [1.165, 1.54) is 25.7 Å². The molecule has 0 bridgehead atoms. The Labute approximate surface area is 174 Å². The molecule has 7 nitrogen and oxygen atoms in total. The lowest BCUT2D eigenvalue weighted by molar-refractivity contribution is 0.102. The average Bonchev–Trinajstić information content (AvgIpc) is 2.92. The zero-order valence-electron chi connectivity index (χ0n) is 16.4. The van der Waals surface area contributed by atoms with Crippen molar-refractivity contribution in [1.82, 2.24) is 19.7 Å². The summed E-state index contributed by atoms with van der Waals surface area (Å²) in [4.78, 5) is 19.5. The van der Waals surface area contributed by atoms with Crippen molar-refractivity contribution in [3.05, 3.63) is 58.8 Å². The van der Waals surface area contributed by atoms with Gasteiger partial charge in [0.2, 0.25) is 0 Å². The van der Waals surface area contributed by atoms with E-state index in [0.29, 0.717) is 16.0 Å². The first-order valence-corrected chi connectivity index (χ1v) is 10.3. The molecule has 1 fully saturated rings. The SMILES string of the molecule is Cc1n[nH]c(=S)n1-c1cccc(NC(=O)c2ccc(N3CCCCCC3)nc2)c1. The second-order valence-corrected chi connectivity index (χ2v) is 7.61. The number of carbonyl (C=O) groups is 1. The quantitative estimate of drug-likeness (QED) is 0.631. The van der Waals surface area contributed by atoms with Gasteiger partial charge in [0.1, 0.15) is 11.6 Å². The lowest BCUT2D eigenvalue weighted by Crippen LogP contribution is -2.25. The third-order valence-corrected chi connectivity index (χ3v) is 5.42. The van der Waals surface area contributed by atoms with Crippen molar-refractivity contribution >= 4 is 29.6 Å². The van der Waals surface area contributed by atoms with Crippen LogP contribution in [0.2, 0.25) is 0 Å². The number of pyridine rings is 1. The van der Waals surface area contributed by atoms with Gasteiger partial charge < -0.3 is 10.2 Å². The Balaban J connectivity index is 1.48. The van der Waals surface area contributed by atoms with Crippen LogP contribution in [0.4, 0.5) is 11.5 Å². The summed E-state index contributed by atoms with van der Waals surface area (Å²) < 4.78 is 2.34. The molecule has 2 N–H and O–H groups in total. The smallest absolute Gasteiger partial charge is 0.257 e. The molecule has 0 aliphatic carbocycles. The number of aryl methyl sites for hydroxylation is 1. The summed E-state index contributed by atoms with van der Waals surface area (Å²) in [5.74, 6) is 1.51. The molecule has 1 aromatic carbocycles. The minimum Gasteiger partial charge on any atom is -0.357 e. The van der Waals surface area contributed by atoms with E-state index in [1.54, 1.807) is 6.20 Å². The number of rotatable bonds is 4. The highest BCUT2D eigenvalue weighted by molar-refractivity contribution is 7.71. The summed E-state index contributed by atoms with van der Waals surface area (Å²) in [7, 11) is 0. The van der Waals surface area contributed by atoms with Crippen LogP contribution in [-0.2, 0) is 0 Å². The van der Waals surface area contributed by atoms with Crippen molar-refractivity contribution in [3.8, 4) is 5.69 Å². The summed E-state index contributed by atoms with van der Waals surface area (Å²) in [6.45, 7) is 3.93. The standard InChI is InChI=1S/C21H24N6OS/c1-15-24-25-21(29)27(15)18-8-6-7-17(13-18)23-20(28)16-9-10-19(22-14-16)26-11-4-2-3-5-12-26/h6-10,13-14H,2-5,11-12H2,1H3,(H,23,28)(H,25,29). The Bertz CT molecular complexity index is 1050. The lowest BCUT2D eigenvalue weighted by Gasteiger charge is -2.21. The van der Waals surface area contributed by atoms with Crippen LogP contribution in [0.1, 0.15) is 41.9 Å².